The van der Waals surface area contributed by atoms with Gasteiger partial charge >= 0.3 is 15.2 Å². The van der Waals surface area contributed by atoms with Gasteiger partial charge in [0.1, 0.15) is 0 Å². The smallest absolute Gasteiger partial charge is 0.324 e. The predicted octanol–water partition coefficient (Wildman–Crippen LogP) is 2.97. The molecule has 92 valence electrons. The molecule has 5 nitrogen and oxygen atoms in total. The van der Waals surface area contributed by atoms with Gasteiger partial charge in [0.25, 0.3) is 0 Å². The first-order valence-electron chi connectivity index (χ1n) is 4.58. The van der Waals surface area contributed by atoms with Gasteiger partial charge in [-0.3, -0.25) is 9.13 Å². The Morgan fingerprint density at radius 3 is 1.13 bits per heavy atom. The van der Waals surface area contributed by atoms with Gasteiger partial charge in [-0.15, -0.1) is 0 Å². The highest BCUT2D eigenvalue weighted by molar-refractivity contribution is 7.67. The van der Waals surface area contributed by atoms with E-state index in [2.05, 4.69) is 4.31 Å². The van der Waals surface area contributed by atoms with Crippen LogP contribution in [-0.4, -0.2) is 20.1 Å². The number of hydrogen-bond donors (Lipinski definition) is 2. The molecular weight excluding hydrogens is 238 g/mol. The van der Waals surface area contributed by atoms with Crippen LogP contribution in [-0.2, 0) is 13.4 Å². The molecule has 15 heavy (non-hydrogen) atoms. The van der Waals surface area contributed by atoms with Crippen molar-refractivity contribution in [2.45, 2.75) is 51.9 Å². The van der Waals surface area contributed by atoms with Crippen molar-refractivity contribution in [1.29, 1.82) is 0 Å². The van der Waals surface area contributed by atoms with Crippen LogP contribution in [0.1, 0.15) is 41.5 Å². The summed E-state index contributed by atoms with van der Waals surface area (Å²) >= 11 is 0. The maximum Gasteiger partial charge on any atom is 0.340 e. The summed E-state index contributed by atoms with van der Waals surface area (Å²) in [6.07, 6.45) is 0. The predicted molar refractivity (Wildman–Crippen MR) is 60.2 cm³/mol. The Morgan fingerprint density at radius 2 is 1.00 bits per heavy atom. The molecule has 0 rings (SSSR count). The lowest BCUT2D eigenvalue weighted by Crippen LogP contribution is -2.21. The highest BCUT2D eigenvalue weighted by Gasteiger charge is 2.47. The lowest BCUT2D eigenvalue weighted by molar-refractivity contribution is 0.297. The number of rotatable bonds is 2. The van der Waals surface area contributed by atoms with Gasteiger partial charge in [-0.25, -0.2) is 4.31 Å². The van der Waals surface area contributed by atoms with Crippen LogP contribution in [0.15, 0.2) is 0 Å². The normalized spacial score (nSPS) is 21.9. The molecule has 7 heteroatoms. The molecule has 0 spiro atoms. The fourth-order valence-corrected chi connectivity index (χ4v) is 3.55. The zero-order valence-electron chi connectivity index (χ0n) is 10.0. The largest absolute Gasteiger partial charge is 0.340 e. The highest BCUT2D eigenvalue weighted by Crippen LogP contribution is 2.69. The second-order valence-electron chi connectivity index (χ2n) is 5.46. The summed E-state index contributed by atoms with van der Waals surface area (Å²) in [5.74, 6) is 0. The summed E-state index contributed by atoms with van der Waals surface area (Å²) in [5.41, 5.74) is 0. The van der Waals surface area contributed by atoms with Crippen molar-refractivity contribution in [3.63, 3.8) is 0 Å². The van der Waals surface area contributed by atoms with E-state index in [9.17, 15) is 18.9 Å². The topological polar surface area (TPSA) is 83.8 Å². The van der Waals surface area contributed by atoms with Crippen molar-refractivity contribution in [2.75, 3.05) is 0 Å². The van der Waals surface area contributed by atoms with E-state index in [-0.39, 0.29) is 0 Å². The Balaban J connectivity index is 5.08. The van der Waals surface area contributed by atoms with Crippen molar-refractivity contribution in [2.24, 2.45) is 0 Å². The third kappa shape index (κ3) is 3.69. The Morgan fingerprint density at radius 1 is 0.800 bits per heavy atom. The second-order valence-corrected chi connectivity index (χ2v) is 10.9. The fourth-order valence-electron chi connectivity index (χ4n) is 0.395. The summed E-state index contributed by atoms with van der Waals surface area (Å²) in [6.45, 7) is 8.90. The van der Waals surface area contributed by atoms with E-state index in [1.54, 1.807) is 0 Å². The van der Waals surface area contributed by atoms with Crippen LogP contribution >= 0.6 is 15.2 Å². The molecule has 0 aromatic rings. The van der Waals surface area contributed by atoms with E-state index in [1.165, 1.54) is 41.5 Å². The van der Waals surface area contributed by atoms with Crippen LogP contribution in [0.3, 0.4) is 0 Å². The molecule has 0 aromatic heterocycles. The summed E-state index contributed by atoms with van der Waals surface area (Å²) in [7, 11) is -8.21. The van der Waals surface area contributed by atoms with Crippen LogP contribution in [0, 0.1) is 0 Å². The Hall–Kier alpha value is 0.340. The third-order valence-corrected chi connectivity index (χ3v) is 7.08. The SMILES string of the molecule is CC(C)(C)P(=O)(O)OP(=O)(O)C(C)(C)C. The summed E-state index contributed by atoms with van der Waals surface area (Å²) in [4.78, 5) is 19.1. The fraction of sp³-hybridized carbons (Fsp3) is 1.00. The first-order valence-corrected chi connectivity index (χ1v) is 7.73. The van der Waals surface area contributed by atoms with Gasteiger partial charge in [0.05, 0.1) is 10.3 Å². The van der Waals surface area contributed by atoms with Crippen LogP contribution in [0.4, 0.5) is 0 Å². The monoisotopic (exact) mass is 258 g/mol. The molecule has 0 aromatic carbocycles. The van der Waals surface area contributed by atoms with Crippen molar-refractivity contribution < 1.29 is 23.2 Å². The van der Waals surface area contributed by atoms with Gasteiger partial charge in [-0.1, -0.05) is 0 Å². The molecule has 0 heterocycles. The molecule has 0 aliphatic heterocycles. The molecule has 2 unspecified atom stereocenters. The molecule has 0 saturated carbocycles. The first kappa shape index (κ1) is 15.3. The minimum Gasteiger partial charge on any atom is -0.324 e. The van der Waals surface area contributed by atoms with Crippen molar-refractivity contribution in [1.82, 2.24) is 0 Å². The molecule has 0 amide bonds. The van der Waals surface area contributed by atoms with Gasteiger partial charge in [0.15, 0.2) is 0 Å². The van der Waals surface area contributed by atoms with Crippen LogP contribution in [0.25, 0.3) is 0 Å². The molecule has 0 radical (unpaired) electrons. The van der Waals surface area contributed by atoms with Gasteiger partial charge in [-0.05, 0) is 41.5 Å². The summed E-state index contributed by atoms with van der Waals surface area (Å²) in [5, 5.41) is -2.15. The quantitative estimate of drug-likeness (QED) is 0.744. The van der Waals surface area contributed by atoms with Gasteiger partial charge < -0.3 is 9.79 Å². The molecule has 2 N–H and O–H groups in total. The molecule has 0 saturated heterocycles. The van der Waals surface area contributed by atoms with E-state index >= 15 is 0 Å². The maximum atomic E-state index is 11.7. The second kappa shape index (κ2) is 3.97. The standard InChI is InChI=1S/C8H20O5P2/c1-7(2,3)14(9,10)13-15(11,12)8(4,5)6/h1-6H3,(H,9,10)(H,11,12). The van der Waals surface area contributed by atoms with E-state index in [4.69, 9.17) is 0 Å². The van der Waals surface area contributed by atoms with E-state index in [1.807, 2.05) is 0 Å². The average Bonchev–Trinajstić information content (AvgIpc) is 1.77. The Bertz CT molecular complexity index is 291. The van der Waals surface area contributed by atoms with Crippen molar-refractivity contribution >= 4 is 15.2 Å². The molecule has 0 aliphatic carbocycles. The van der Waals surface area contributed by atoms with Crippen LogP contribution in [0.2, 0.25) is 0 Å². The molecule has 0 bridgehead atoms. The molecular formula is C8H20O5P2. The van der Waals surface area contributed by atoms with Crippen LogP contribution in [0.5, 0.6) is 0 Å². The average molecular weight is 258 g/mol. The summed E-state index contributed by atoms with van der Waals surface area (Å²) < 4.78 is 28.0. The summed E-state index contributed by atoms with van der Waals surface area (Å²) in [6, 6.07) is 0. The van der Waals surface area contributed by atoms with Gasteiger partial charge in [0, 0.05) is 0 Å². The molecule has 0 aliphatic rings. The van der Waals surface area contributed by atoms with Gasteiger partial charge in [0.2, 0.25) is 0 Å². The van der Waals surface area contributed by atoms with Crippen molar-refractivity contribution in [3.8, 4) is 0 Å². The minimum atomic E-state index is -4.11. The van der Waals surface area contributed by atoms with Crippen molar-refractivity contribution in [3.05, 3.63) is 0 Å². The molecule has 0 fully saturated rings. The lowest BCUT2D eigenvalue weighted by Gasteiger charge is -2.31. The molecule has 2 atom stereocenters. The zero-order chi connectivity index (χ0) is 12.7. The lowest BCUT2D eigenvalue weighted by atomic mass is 10.3. The van der Waals surface area contributed by atoms with Crippen LogP contribution < -0.4 is 0 Å². The first-order chi connectivity index (χ1) is 6.21. The maximum absolute atomic E-state index is 11.7. The van der Waals surface area contributed by atoms with E-state index < -0.39 is 25.5 Å². The number of hydrogen-bond acceptors (Lipinski definition) is 3. The minimum absolute atomic E-state index is 1.07. The Labute approximate surface area is 90.9 Å². The van der Waals surface area contributed by atoms with Gasteiger partial charge in [-0.2, -0.15) is 0 Å². The van der Waals surface area contributed by atoms with E-state index in [0.29, 0.717) is 0 Å². The highest BCUT2D eigenvalue weighted by atomic mass is 31.3. The Kier molecular flexibility index (Phi) is 4.06. The zero-order valence-corrected chi connectivity index (χ0v) is 11.8. The third-order valence-electron chi connectivity index (χ3n) is 1.92. The van der Waals surface area contributed by atoms with E-state index in [0.717, 1.165) is 0 Å².